The molecule has 0 bridgehead atoms. The number of carboxylic acids is 1. The number of amides is 6. The zero-order valence-corrected chi connectivity index (χ0v) is 27.4. The van der Waals surface area contributed by atoms with Crippen LogP contribution in [0.1, 0.15) is 64.9 Å². The summed E-state index contributed by atoms with van der Waals surface area (Å²) in [5.74, 6) is -5.48. The number of hydrogen-bond acceptors (Lipinski definition) is 9. The Morgan fingerprint density at radius 3 is 1.98 bits per heavy atom. The normalized spacial score (nSPS) is 19.8. The Morgan fingerprint density at radius 1 is 0.771 bits per heavy atom. The molecule has 0 spiro atoms. The molecule has 6 atom stereocenters. The first-order valence-electron chi connectivity index (χ1n) is 16.1. The highest BCUT2D eigenvalue weighted by atomic mass is 16.4. The lowest BCUT2D eigenvalue weighted by Gasteiger charge is -2.30. The minimum Gasteiger partial charge on any atom is -0.481 e. The zero-order chi connectivity index (χ0) is 35.5. The Kier molecular flexibility index (Phi) is 13.9. The van der Waals surface area contributed by atoms with E-state index in [1.54, 1.807) is 30.3 Å². The van der Waals surface area contributed by atoms with Gasteiger partial charge >= 0.3 is 13.1 Å². The van der Waals surface area contributed by atoms with E-state index in [-0.39, 0.29) is 19.4 Å². The van der Waals surface area contributed by atoms with Crippen molar-refractivity contribution in [3.8, 4) is 0 Å². The Balaban J connectivity index is 1.65. The maximum absolute atomic E-state index is 13.6. The van der Waals surface area contributed by atoms with Gasteiger partial charge in [-0.1, -0.05) is 30.3 Å². The summed E-state index contributed by atoms with van der Waals surface area (Å²) in [6.07, 6.45) is 1.19. The molecule has 6 amide bonds. The number of carbonyl (C=O) groups is 7. The third-order valence-corrected chi connectivity index (χ3v) is 8.48. The fourth-order valence-electron chi connectivity index (χ4n) is 5.88. The summed E-state index contributed by atoms with van der Waals surface area (Å²) < 4.78 is 0. The van der Waals surface area contributed by atoms with Crippen LogP contribution in [0.25, 0.3) is 0 Å². The largest absolute Gasteiger partial charge is 0.481 e. The fraction of sp³-hybridized carbons (Fsp3) is 0.581. The SMILES string of the molecule is C[C@H](NC(=O)CCC(=O)O)C(=O)N[C@@H](C)C(=O)N1CCC[C@H]1C(=O)N[C@@H](Cc1ccccc1)C(=O)N[C@@H](C)C(=O)N1CCCC1B(O)O. The maximum atomic E-state index is 13.6. The smallest absolute Gasteiger partial charge is 0.475 e. The van der Waals surface area contributed by atoms with Crippen LogP contribution in [-0.4, -0.2) is 123 Å². The van der Waals surface area contributed by atoms with Gasteiger partial charge < -0.3 is 46.2 Å². The first-order valence-corrected chi connectivity index (χ1v) is 16.1. The molecule has 17 heteroatoms. The summed E-state index contributed by atoms with van der Waals surface area (Å²) in [6, 6.07) is 3.74. The van der Waals surface area contributed by atoms with Gasteiger partial charge in [0.1, 0.15) is 30.2 Å². The molecule has 16 nitrogen and oxygen atoms in total. The van der Waals surface area contributed by atoms with Crippen LogP contribution in [0, 0.1) is 0 Å². The molecule has 3 rings (SSSR count). The van der Waals surface area contributed by atoms with Crippen molar-refractivity contribution >= 4 is 48.5 Å². The molecule has 7 N–H and O–H groups in total. The van der Waals surface area contributed by atoms with Gasteiger partial charge in [0, 0.05) is 25.9 Å². The number of likely N-dealkylation sites (tertiary alicyclic amines) is 2. The van der Waals surface area contributed by atoms with Gasteiger partial charge in [-0.05, 0) is 52.0 Å². The highest BCUT2D eigenvalue weighted by molar-refractivity contribution is 6.43. The summed E-state index contributed by atoms with van der Waals surface area (Å²) in [5.41, 5.74) is 0.736. The second-order valence-electron chi connectivity index (χ2n) is 12.2. The van der Waals surface area contributed by atoms with Crippen molar-refractivity contribution in [1.82, 2.24) is 31.1 Å². The number of carbonyl (C=O) groups excluding carboxylic acids is 6. The number of hydrogen-bond donors (Lipinski definition) is 7. The Hall–Kier alpha value is -4.51. The van der Waals surface area contributed by atoms with Gasteiger partial charge in [0.25, 0.3) is 0 Å². The van der Waals surface area contributed by atoms with Crippen LogP contribution in [0.15, 0.2) is 30.3 Å². The predicted octanol–water partition coefficient (Wildman–Crippen LogP) is -1.91. The standard InChI is InChI=1S/C31H45BN6O10/c1-18(33-25(39)13-14-26(40)41)27(42)34-19(2)30(45)37-15-7-11-23(37)29(44)36-22(17-21-9-5-4-6-10-21)28(43)35-20(3)31(46)38-16-8-12-24(38)32(47)48/h4-6,9-10,18-20,22-24,47-48H,7-8,11-17H2,1-3H3,(H,33,39)(H,34,42)(H,35,43)(H,36,44)(H,40,41)/t18-,19-,20-,22-,23-,24?/m0/s1. The van der Waals surface area contributed by atoms with Crippen molar-refractivity contribution in [2.75, 3.05) is 13.1 Å². The van der Waals surface area contributed by atoms with Crippen LogP contribution in [-0.2, 0) is 40.0 Å². The van der Waals surface area contributed by atoms with Crippen LogP contribution in [0.4, 0.5) is 0 Å². The van der Waals surface area contributed by atoms with Gasteiger partial charge in [0.2, 0.25) is 35.4 Å². The molecule has 262 valence electrons. The van der Waals surface area contributed by atoms with E-state index in [0.717, 1.165) is 5.56 Å². The highest BCUT2D eigenvalue weighted by Gasteiger charge is 2.40. The lowest BCUT2D eigenvalue weighted by atomic mass is 9.78. The van der Waals surface area contributed by atoms with E-state index >= 15 is 0 Å². The van der Waals surface area contributed by atoms with E-state index in [0.29, 0.717) is 32.2 Å². The molecule has 0 radical (unpaired) electrons. The Morgan fingerprint density at radius 2 is 1.35 bits per heavy atom. The number of carboxylic acid groups (broad SMARTS) is 1. The second kappa shape index (κ2) is 17.6. The van der Waals surface area contributed by atoms with Gasteiger partial charge in [0.05, 0.1) is 12.4 Å². The number of rotatable bonds is 15. The Labute approximate surface area is 279 Å². The molecule has 1 aromatic rings. The molecule has 2 fully saturated rings. The van der Waals surface area contributed by atoms with Gasteiger partial charge in [-0.2, -0.15) is 0 Å². The van der Waals surface area contributed by atoms with Gasteiger partial charge in [-0.15, -0.1) is 0 Å². The van der Waals surface area contributed by atoms with Gasteiger partial charge in [-0.25, -0.2) is 0 Å². The maximum Gasteiger partial charge on any atom is 0.475 e. The third kappa shape index (κ3) is 10.5. The molecule has 0 aromatic heterocycles. The van der Waals surface area contributed by atoms with E-state index < -0.39 is 91.1 Å². The first-order chi connectivity index (χ1) is 22.7. The van der Waals surface area contributed by atoms with E-state index in [4.69, 9.17) is 5.11 Å². The van der Waals surface area contributed by atoms with Crippen molar-refractivity contribution in [3.63, 3.8) is 0 Å². The van der Waals surface area contributed by atoms with Crippen LogP contribution in [0.3, 0.4) is 0 Å². The molecule has 2 saturated heterocycles. The molecule has 1 aromatic carbocycles. The molecule has 0 aliphatic carbocycles. The van der Waals surface area contributed by atoms with Crippen LogP contribution >= 0.6 is 0 Å². The van der Waals surface area contributed by atoms with E-state index in [2.05, 4.69) is 21.3 Å². The average Bonchev–Trinajstić information content (AvgIpc) is 3.74. The summed E-state index contributed by atoms with van der Waals surface area (Å²) >= 11 is 0. The van der Waals surface area contributed by atoms with E-state index in [1.165, 1.54) is 30.6 Å². The number of benzene rings is 1. The summed E-state index contributed by atoms with van der Waals surface area (Å²) in [5, 5.41) is 38.4. The van der Waals surface area contributed by atoms with Crippen molar-refractivity contribution in [2.45, 2.75) is 102 Å². The molecule has 2 heterocycles. The second-order valence-corrected chi connectivity index (χ2v) is 12.2. The summed E-state index contributed by atoms with van der Waals surface area (Å²) in [7, 11) is -1.71. The molecular weight excluding hydrogens is 627 g/mol. The van der Waals surface area contributed by atoms with Crippen molar-refractivity contribution in [3.05, 3.63) is 35.9 Å². The topological polar surface area (TPSA) is 235 Å². The highest BCUT2D eigenvalue weighted by Crippen LogP contribution is 2.21. The third-order valence-electron chi connectivity index (χ3n) is 8.48. The van der Waals surface area contributed by atoms with Gasteiger partial charge in [0.15, 0.2) is 0 Å². The number of nitrogens with zero attached hydrogens (tertiary/aromatic N) is 2. The molecular formula is C31H45BN6O10. The zero-order valence-electron chi connectivity index (χ0n) is 27.4. The Bertz CT molecular complexity index is 1350. The number of aliphatic carboxylic acids is 1. The predicted molar refractivity (Wildman–Crippen MR) is 171 cm³/mol. The van der Waals surface area contributed by atoms with Crippen LogP contribution in [0.2, 0.25) is 0 Å². The minimum atomic E-state index is -1.71. The average molecular weight is 673 g/mol. The molecule has 0 saturated carbocycles. The van der Waals surface area contributed by atoms with E-state index in [9.17, 15) is 43.6 Å². The van der Waals surface area contributed by atoms with Crippen LogP contribution < -0.4 is 21.3 Å². The molecule has 2 aliphatic rings. The van der Waals surface area contributed by atoms with E-state index in [1.807, 2.05) is 0 Å². The van der Waals surface area contributed by atoms with Crippen LogP contribution in [0.5, 0.6) is 0 Å². The fourth-order valence-corrected chi connectivity index (χ4v) is 5.88. The quantitative estimate of drug-likeness (QED) is 0.102. The lowest BCUT2D eigenvalue weighted by molar-refractivity contribution is -0.142. The molecule has 2 aliphatic heterocycles. The van der Waals surface area contributed by atoms with Crippen molar-refractivity contribution in [2.24, 2.45) is 0 Å². The summed E-state index contributed by atoms with van der Waals surface area (Å²) in [6.45, 7) is 4.86. The molecule has 48 heavy (non-hydrogen) atoms. The monoisotopic (exact) mass is 672 g/mol. The first kappa shape index (κ1) is 37.9. The number of nitrogens with one attached hydrogen (secondary N) is 4. The molecule has 1 unspecified atom stereocenters. The summed E-state index contributed by atoms with van der Waals surface area (Å²) in [4.78, 5) is 91.5. The van der Waals surface area contributed by atoms with Crippen molar-refractivity contribution < 1.29 is 48.7 Å². The van der Waals surface area contributed by atoms with Gasteiger partial charge in [-0.3, -0.25) is 33.6 Å². The minimum absolute atomic E-state index is 0.0875. The van der Waals surface area contributed by atoms with Crippen molar-refractivity contribution in [1.29, 1.82) is 0 Å². The lowest BCUT2D eigenvalue weighted by Crippen LogP contribution is -2.59.